The van der Waals surface area contributed by atoms with Gasteiger partial charge in [-0.3, -0.25) is 4.79 Å². The number of aromatic nitrogens is 3. The van der Waals surface area contributed by atoms with Crippen molar-refractivity contribution in [3.8, 4) is 5.69 Å². The van der Waals surface area contributed by atoms with Crippen LogP contribution in [0, 0.1) is 6.92 Å². The quantitative estimate of drug-likeness (QED) is 0.619. The van der Waals surface area contributed by atoms with Crippen molar-refractivity contribution in [2.75, 3.05) is 25.6 Å². The smallest absolute Gasteiger partial charge is 0.361 e. The van der Waals surface area contributed by atoms with Crippen molar-refractivity contribution in [2.24, 2.45) is 0 Å². The van der Waals surface area contributed by atoms with E-state index in [0.717, 1.165) is 16.9 Å². The van der Waals surface area contributed by atoms with Crippen LogP contribution in [0.15, 0.2) is 54.6 Å². The standard InChI is InChI=1S/C21H23N5O3/c1-15-20(24-26(23-15)18-7-5-4-6-8-18)21(28)29-14-19(27)22-13-16-9-11-17(12-10-16)25(2)3/h4-12H,13-14H2,1-3H3,(H,22,27). The third kappa shape index (κ3) is 5.19. The van der Waals surface area contributed by atoms with Crippen molar-refractivity contribution in [1.82, 2.24) is 20.3 Å². The molecule has 0 saturated heterocycles. The van der Waals surface area contributed by atoms with Gasteiger partial charge < -0.3 is 15.0 Å². The van der Waals surface area contributed by atoms with Crippen molar-refractivity contribution >= 4 is 17.6 Å². The minimum Gasteiger partial charge on any atom is -0.451 e. The molecule has 8 nitrogen and oxygen atoms in total. The van der Waals surface area contributed by atoms with E-state index in [1.807, 2.05) is 73.6 Å². The van der Waals surface area contributed by atoms with Crippen LogP contribution in [0.5, 0.6) is 0 Å². The number of amides is 1. The molecule has 0 aliphatic heterocycles. The first-order valence-electron chi connectivity index (χ1n) is 9.13. The lowest BCUT2D eigenvalue weighted by Gasteiger charge is -2.13. The summed E-state index contributed by atoms with van der Waals surface area (Å²) in [6, 6.07) is 17.1. The molecule has 1 heterocycles. The van der Waals surface area contributed by atoms with E-state index in [2.05, 4.69) is 15.5 Å². The number of hydrogen-bond donors (Lipinski definition) is 1. The summed E-state index contributed by atoms with van der Waals surface area (Å²) in [6.45, 7) is 1.64. The maximum Gasteiger partial charge on any atom is 0.361 e. The highest BCUT2D eigenvalue weighted by Crippen LogP contribution is 2.12. The van der Waals surface area contributed by atoms with Gasteiger partial charge in [-0.25, -0.2) is 4.79 Å². The summed E-state index contributed by atoms with van der Waals surface area (Å²) in [5.41, 5.74) is 3.28. The fourth-order valence-corrected chi connectivity index (χ4v) is 2.61. The van der Waals surface area contributed by atoms with Gasteiger partial charge in [-0.05, 0) is 36.8 Å². The monoisotopic (exact) mass is 393 g/mol. The van der Waals surface area contributed by atoms with Crippen LogP contribution in [-0.2, 0) is 16.1 Å². The molecule has 8 heteroatoms. The summed E-state index contributed by atoms with van der Waals surface area (Å²) in [4.78, 5) is 27.6. The Morgan fingerprint density at radius 2 is 1.72 bits per heavy atom. The van der Waals surface area contributed by atoms with E-state index in [-0.39, 0.29) is 18.2 Å². The Hall–Kier alpha value is -3.68. The van der Waals surface area contributed by atoms with Crippen molar-refractivity contribution in [2.45, 2.75) is 13.5 Å². The Kier molecular flexibility index (Phi) is 6.23. The average Bonchev–Trinajstić information content (AvgIpc) is 3.13. The van der Waals surface area contributed by atoms with Crippen LogP contribution in [0.3, 0.4) is 0 Å². The van der Waals surface area contributed by atoms with Crippen LogP contribution in [0.4, 0.5) is 5.69 Å². The molecule has 1 aromatic heterocycles. The van der Waals surface area contributed by atoms with E-state index in [4.69, 9.17) is 4.74 Å². The maximum absolute atomic E-state index is 12.3. The molecule has 0 aliphatic carbocycles. The summed E-state index contributed by atoms with van der Waals surface area (Å²) < 4.78 is 5.09. The highest BCUT2D eigenvalue weighted by Gasteiger charge is 2.19. The van der Waals surface area contributed by atoms with Crippen LogP contribution in [0.1, 0.15) is 21.7 Å². The van der Waals surface area contributed by atoms with Gasteiger partial charge in [-0.1, -0.05) is 30.3 Å². The number of aryl methyl sites for hydroxylation is 1. The van der Waals surface area contributed by atoms with Gasteiger partial charge in [-0.2, -0.15) is 9.90 Å². The van der Waals surface area contributed by atoms with E-state index < -0.39 is 5.97 Å². The molecule has 2 aromatic carbocycles. The molecule has 0 spiro atoms. The molecular weight excluding hydrogens is 370 g/mol. The Morgan fingerprint density at radius 1 is 1.03 bits per heavy atom. The Bertz CT molecular complexity index is 981. The second kappa shape index (κ2) is 9.01. The number of para-hydroxylation sites is 1. The molecule has 3 rings (SSSR count). The molecule has 0 bridgehead atoms. The van der Waals surface area contributed by atoms with Crippen molar-refractivity contribution < 1.29 is 14.3 Å². The largest absolute Gasteiger partial charge is 0.451 e. The fourth-order valence-electron chi connectivity index (χ4n) is 2.61. The zero-order chi connectivity index (χ0) is 20.8. The first kappa shape index (κ1) is 20.1. The predicted molar refractivity (Wildman–Crippen MR) is 109 cm³/mol. The van der Waals surface area contributed by atoms with E-state index in [0.29, 0.717) is 12.2 Å². The number of nitrogens with zero attached hydrogens (tertiary/aromatic N) is 4. The zero-order valence-electron chi connectivity index (χ0n) is 16.6. The zero-order valence-corrected chi connectivity index (χ0v) is 16.6. The molecule has 1 amide bonds. The summed E-state index contributed by atoms with van der Waals surface area (Å²) in [7, 11) is 3.93. The number of carbonyl (C=O) groups excluding carboxylic acids is 2. The van der Waals surface area contributed by atoms with Gasteiger partial charge in [0.2, 0.25) is 0 Å². The number of benzene rings is 2. The molecular formula is C21H23N5O3. The maximum atomic E-state index is 12.3. The number of hydrogen-bond acceptors (Lipinski definition) is 6. The number of esters is 1. The van der Waals surface area contributed by atoms with Gasteiger partial charge in [0.05, 0.1) is 11.4 Å². The van der Waals surface area contributed by atoms with Gasteiger partial charge in [0.25, 0.3) is 5.91 Å². The molecule has 150 valence electrons. The Morgan fingerprint density at radius 3 is 2.38 bits per heavy atom. The number of nitrogens with one attached hydrogen (secondary N) is 1. The predicted octanol–water partition coefficient (Wildman–Crippen LogP) is 2.11. The first-order chi connectivity index (χ1) is 13.9. The van der Waals surface area contributed by atoms with E-state index in [1.54, 1.807) is 6.92 Å². The minimum absolute atomic E-state index is 0.0842. The van der Waals surface area contributed by atoms with Gasteiger partial charge in [0.15, 0.2) is 12.3 Å². The third-order valence-electron chi connectivity index (χ3n) is 4.24. The number of ether oxygens (including phenoxy) is 1. The fraction of sp³-hybridized carbons (Fsp3) is 0.238. The van der Waals surface area contributed by atoms with E-state index in [9.17, 15) is 9.59 Å². The van der Waals surface area contributed by atoms with Gasteiger partial charge in [-0.15, -0.1) is 5.10 Å². The molecule has 0 unspecified atom stereocenters. The topological polar surface area (TPSA) is 89.4 Å². The van der Waals surface area contributed by atoms with Crippen molar-refractivity contribution in [3.63, 3.8) is 0 Å². The van der Waals surface area contributed by atoms with Crippen LogP contribution in [0.25, 0.3) is 5.69 Å². The van der Waals surface area contributed by atoms with Crippen LogP contribution < -0.4 is 10.2 Å². The summed E-state index contributed by atoms with van der Waals surface area (Å²) in [6.07, 6.45) is 0. The molecule has 0 atom stereocenters. The van der Waals surface area contributed by atoms with Gasteiger partial charge in [0.1, 0.15) is 0 Å². The van der Waals surface area contributed by atoms with E-state index in [1.165, 1.54) is 4.80 Å². The summed E-state index contributed by atoms with van der Waals surface area (Å²) in [5, 5.41) is 11.1. The second-order valence-corrected chi connectivity index (χ2v) is 6.67. The summed E-state index contributed by atoms with van der Waals surface area (Å²) in [5.74, 6) is -1.07. The summed E-state index contributed by atoms with van der Waals surface area (Å²) >= 11 is 0. The minimum atomic E-state index is -0.685. The SMILES string of the molecule is Cc1nn(-c2ccccc2)nc1C(=O)OCC(=O)NCc1ccc(N(C)C)cc1. The normalized spacial score (nSPS) is 10.4. The molecule has 0 saturated carbocycles. The van der Waals surface area contributed by atoms with Gasteiger partial charge >= 0.3 is 5.97 Å². The highest BCUT2D eigenvalue weighted by molar-refractivity contribution is 5.90. The van der Waals surface area contributed by atoms with Crippen molar-refractivity contribution in [1.29, 1.82) is 0 Å². The number of anilines is 1. The molecule has 29 heavy (non-hydrogen) atoms. The first-order valence-corrected chi connectivity index (χ1v) is 9.13. The van der Waals surface area contributed by atoms with Crippen LogP contribution in [0.2, 0.25) is 0 Å². The number of carbonyl (C=O) groups is 2. The molecule has 1 N–H and O–H groups in total. The lowest BCUT2D eigenvalue weighted by molar-refractivity contribution is -0.124. The Labute approximate surface area is 169 Å². The molecule has 3 aromatic rings. The lowest BCUT2D eigenvalue weighted by atomic mass is 10.2. The molecule has 0 radical (unpaired) electrons. The van der Waals surface area contributed by atoms with Gasteiger partial charge in [0, 0.05) is 26.3 Å². The molecule has 0 fully saturated rings. The third-order valence-corrected chi connectivity index (χ3v) is 4.24. The number of rotatable bonds is 7. The average molecular weight is 393 g/mol. The lowest BCUT2D eigenvalue weighted by Crippen LogP contribution is -2.28. The second-order valence-electron chi connectivity index (χ2n) is 6.67. The Balaban J connectivity index is 1.51. The van der Waals surface area contributed by atoms with E-state index >= 15 is 0 Å². The van der Waals surface area contributed by atoms with Crippen LogP contribution in [-0.4, -0.2) is 47.6 Å². The highest BCUT2D eigenvalue weighted by atomic mass is 16.5. The molecule has 0 aliphatic rings. The van der Waals surface area contributed by atoms with Crippen LogP contribution >= 0.6 is 0 Å². The van der Waals surface area contributed by atoms with Crippen molar-refractivity contribution in [3.05, 3.63) is 71.5 Å².